The lowest BCUT2D eigenvalue weighted by Crippen LogP contribution is -2.22. The number of aromatic hydroxyl groups is 1. The minimum Gasteiger partial charge on any atom is -0.507 e. The summed E-state index contributed by atoms with van der Waals surface area (Å²) in [7, 11) is 0. The highest BCUT2D eigenvalue weighted by Crippen LogP contribution is 2.20. The lowest BCUT2D eigenvalue weighted by atomic mass is 10.1. The second kappa shape index (κ2) is 7.08. The number of hydrogen-bond donors (Lipinski definition) is 2. The maximum Gasteiger partial charge on any atom is 0.251 e. The predicted molar refractivity (Wildman–Crippen MR) is 91.1 cm³/mol. The lowest BCUT2D eigenvalue weighted by molar-refractivity contribution is 0.0950. The van der Waals surface area contributed by atoms with E-state index in [0.29, 0.717) is 12.1 Å². The molecule has 3 nitrogen and oxygen atoms in total. The van der Waals surface area contributed by atoms with Gasteiger partial charge < -0.3 is 10.4 Å². The van der Waals surface area contributed by atoms with Gasteiger partial charge in [-0.05, 0) is 51.9 Å². The molecule has 0 heterocycles. The molecule has 0 fully saturated rings. The molecule has 0 unspecified atom stereocenters. The second-order valence-electron chi connectivity index (χ2n) is 4.30. The molecule has 5 heteroatoms. The Morgan fingerprint density at radius 3 is 2.65 bits per heavy atom. The Morgan fingerprint density at radius 2 is 1.95 bits per heavy atom. The number of rotatable bonds is 4. The Morgan fingerprint density at radius 1 is 1.20 bits per heavy atom. The summed E-state index contributed by atoms with van der Waals surface area (Å²) in [6.45, 7) is 0.465. The number of nitrogens with one attached hydrogen (secondary N) is 1. The second-order valence-corrected chi connectivity index (χ2v) is 6.03. The van der Waals surface area contributed by atoms with Gasteiger partial charge in [0.05, 0.1) is 3.57 Å². The molecule has 0 aromatic heterocycles. The summed E-state index contributed by atoms with van der Waals surface area (Å²) in [5, 5.41) is 13.2. The van der Waals surface area contributed by atoms with Crippen LogP contribution in [0.3, 0.4) is 0 Å². The monoisotopic (exact) mass is 445 g/mol. The topological polar surface area (TPSA) is 49.3 Å². The Hall–Kier alpha value is -1.08. The molecule has 0 saturated carbocycles. The summed E-state index contributed by atoms with van der Waals surface area (Å²) in [6, 6.07) is 12.9. The maximum absolute atomic E-state index is 12.0. The van der Waals surface area contributed by atoms with E-state index in [2.05, 4.69) is 21.2 Å². The highest BCUT2D eigenvalue weighted by molar-refractivity contribution is 14.1. The van der Waals surface area contributed by atoms with E-state index in [1.54, 1.807) is 12.1 Å². The summed E-state index contributed by atoms with van der Waals surface area (Å²) in [4.78, 5) is 12.0. The van der Waals surface area contributed by atoms with E-state index in [0.717, 1.165) is 14.5 Å². The molecule has 20 heavy (non-hydrogen) atoms. The van der Waals surface area contributed by atoms with Gasteiger partial charge in [0.15, 0.2) is 0 Å². The van der Waals surface area contributed by atoms with Crippen LogP contribution in [-0.4, -0.2) is 11.0 Å². The van der Waals surface area contributed by atoms with E-state index in [1.807, 2.05) is 46.9 Å². The van der Waals surface area contributed by atoms with E-state index in [-0.39, 0.29) is 11.7 Å². The van der Waals surface area contributed by atoms with Crippen LogP contribution in [0.2, 0.25) is 0 Å². The number of amides is 1. The van der Waals surface area contributed by atoms with Gasteiger partial charge in [-0.1, -0.05) is 40.2 Å². The molecule has 0 aliphatic heterocycles. The third-order valence-corrected chi connectivity index (χ3v) is 4.37. The van der Waals surface area contributed by atoms with E-state index < -0.39 is 0 Å². The largest absolute Gasteiger partial charge is 0.507 e. The first kappa shape index (κ1) is 15.3. The van der Waals surface area contributed by atoms with Gasteiger partial charge >= 0.3 is 0 Å². The van der Waals surface area contributed by atoms with Crippen LogP contribution in [0.5, 0.6) is 5.75 Å². The van der Waals surface area contributed by atoms with E-state index >= 15 is 0 Å². The molecular formula is C15H13BrINO2. The molecule has 0 saturated heterocycles. The summed E-state index contributed by atoms with van der Waals surface area (Å²) < 4.78 is 0.726. The van der Waals surface area contributed by atoms with Crippen LogP contribution in [0.4, 0.5) is 0 Å². The van der Waals surface area contributed by atoms with Crippen LogP contribution in [0.15, 0.2) is 42.5 Å². The van der Waals surface area contributed by atoms with Crippen molar-refractivity contribution in [1.29, 1.82) is 0 Å². The molecule has 2 rings (SSSR count). The number of hydrogen-bond acceptors (Lipinski definition) is 2. The molecule has 2 aromatic carbocycles. The predicted octanol–water partition coefficient (Wildman–Crippen LogP) is 3.82. The van der Waals surface area contributed by atoms with E-state index in [4.69, 9.17) is 0 Å². The molecule has 0 spiro atoms. The number of phenols is 1. The van der Waals surface area contributed by atoms with Crippen LogP contribution < -0.4 is 5.32 Å². The third-order valence-electron chi connectivity index (χ3n) is 2.81. The van der Waals surface area contributed by atoms with Crippen LogP contribution in [0.25, 0.3) is 0 Å². The molecule has 2 aromatic rings. The number of benzene rings is 2. The summed E-state index contributed by atoms with van der Waals surface area (Å²) in [6.07, 6.45) is 0. The normalized spacial score (nSPS) is 10.3. The summed E-state index contributed by atoms with van der Waals surface area (Å²) in [5.74, 6) is -0.0690. The van der Waals surface area contributed by atoms with Crippen LogP contribution in [0.1, 0.15) is 21.5 Å². The molecule has 104 valence electrons. The number of phenolic OH excluding ortho intramolecular Hbond substituents is 1. The van der Waals surface area contributed by atoms with Crippen molar-refractivity contribution in [3.63, 3.8) is 0 Å². The third kappa shape index (κ3) is 3.96. The van der Waals surface area contributed by atoms with Crippen LogP contribution >= 0.6 is 38.5 Å². The Kier molecular flexibility index (Phi) is 5.42. The fraction of sp³-hybridized carbons (Fsp3) is 0.133. The number of carbonyl (C=O) groups is 1. The summed E-state index contributed by atoms with van der Waals surface area (Å²) >= 11 is 5.42. The van der Waals surface area contributed by atoms with Gasteiger partial charge in [0.1, 0.15) is 5.75 Å². The molecule has 1 amide bonds. The minimum atomic E-state index is -0.194. The van der Waals surface area contributed by atoms with Crippen molar-refractivity contribution in [1.82, 2.24) is 5.32 Å². The first-order chi connectivity index (χ1) is 9.60. The standard InChI is InChI=1S/C15H13BrINO2/c16-8-10-2-1-3-11(6-10)9-18-15(20)12-4-5-13(17)14(19)7-12/h1-7,19H,8-9H2,(H,18,20). The number of alkyl halides is 1. The first-order valence-corrected chi connectivity index (χ1v) is 8.20. The van der Waals surface area contributed by atoms with Gasteiger partial charge in [-0.2, -0.15) is 0 Å². The van der Waals surface area contributed by atoms with Gasteiger partial charge in [0, 0.05) is 17.4 Å². The van der Waals surface area contributed by atoms with Crippen LogP contribution in [-0.2, 0) is 11.9 Å². The van der Waals surface area contributed by atoms with Gasteiger partial charge in [0.2, 0.25) is 0 Å². The Balaban J connectivity index is 2.02. The van der Waals surface area contributed by atoms with Crippen molar-refractivity contribution in [3.8, 4) is 5.75 Å². The highest BCUT2D eigenvalue weighted by Gasteiger charge is 2.08. The quantitative estimate of drug-likeness (QED) is 0.555. The fourth-order valence-electron chi connectivity index (χ4n) is 1.76. The molecule has 0 aliphatic rings. The summed E-state index contributed by atoms with van der Waals surface area (Å²) in [5.41, 5.74) is 2.67. The smallest absolute Gasteiger partial charge is 0.251 e. The Labute approximate surface area is 139 Å². The Bertz CT molecular complexity index is 631. The van der Waals surface area contributed by atoms with Crippen molar-refractivity contribution in [2.75, 3.05) is 0 Å². The molecule has 0 bridgehead atoms. The van der Waals surface area contributed by atoms with Gasteiger partial charge in [-0.25, -0.2) is 0 Å². The van der Waals surface area contributed by atoms with Crippen molar-refractivity contribution < 1.29 is 9.90 Å². The van der Waals surface area contributed by atoms with Crippen molar-refractivity contribution in [2.45, 2.75) is 11.9 Å². The lowest BCUT2D eigenvalue weighted by Gasteiger charge is -2.07. The van der Waals surface area contributed by atoms with Crippen molar-refractivity contribution in [3.05, 3.63) is 62.7 Å². The maximum atomic E-state index is 12.0. The van der Waals surface area contributed by atoms with Crippen molar-refractivity contribution in [2.24, 2.45) is 0 Å². The highest BCUT2D eigenvalue weighted by atomic mass is 127. The zero-order valence-electron chi connectivity index (χ0n) is 10.6. The van der Waals surface area contributed by atoms with E-state index in [9.17, 15) is 9.90 Å². The number of halogens is 2. The van der Waals surface area contributed by atoms with Gasteiger partial charge in [0.25, 0.3) is 5.91 Å². The zero-order valence-corrected chi connectivity index (χ0v) is 14.3. The molecule has 0 radical (unpaired) electrons. The first-order valence-electron chi connectivity index (χ1n) is 6.00. The molecule has 0 aliphatic carbocycles. The number of carbonyl (C=O) groups excluding carboxylic acids is 1. The molecule has 0 atom stereocenters. The van der Waals surface area contributed by atoms with E-state index in [1.165, 1.54) is 11.6 Å². The fourth-order valence-corrected chi connectivity index (χ4v) is 2.45. The molecular weight excluding hydrogens is 433 g/mol. The zero-order chi connectivity index (χ0) is 14.5. The van der Waals surface area contributed by atoms with Gasteiger partial charge in [-0.15, -0.1) is 0 Å². The minimum absolute atomic E-state index is 0.125. The van der Waals surface area contributed by atoms with Gasteiger partial charge in [-0.3, -0.25) is 4.79 Å². The SMILES string of the molecule is O=C(NCc1cccc(CBr)c1)c1ccc(I)c(O)c1. The van der Waals surface area contributed by atoms with Crippen molar-refractivity contribution >= 4 is 44.4 Å². The molecule has 2 N–H and O–H groups in total. The van der Waals surface area contributed by atoms with Crippen LogP contribution in [0, 0.1) is 3.57 Å². The average Bonchev–Trinajstić information content (AvgIpc) is 2.47. The average molecular weight is 446 g/mol.